The van der Waals surface area contributed by atoms with Crippen LogP contribution in [-0.4, -0.2) is 17.0 Å². The first-order chi connectivity index (χ1) is 7.95. The standard InChI is InChI=1S/C12H16N2O3/c1-3-7(2)11(15)14-10-6-8(13)4-5-9(10)12(16)17/h4-7H,3,13H2,1-2H3,(H,14,15)(H,16,17). The SMILES string of the molecule is CCC(C)C(=O)Nc1cc(N)ccc1C(=O)O. The molecular formula is C12H16N2O3. The molecule has 0 radical (unpaired) electrons. The van der Waals surface area contributed by atoms with Crippen LogP contribution in [0.5, 0.6) is 0 Å². The van der Waals surface area contributed by atoms with E-state index in [0.29, 0.717) is 12.1 Å². The zero-order valence-corrected chi connectivity index (χ0v) is 9.86. The third-order valence-electron chi connectivity index (χ3n) is 2.59. The van der Waals surface area contributed by atoms with Gasteiger partial charge < -0.3 is 16.2 Å². The van der Waals surface area contributed by atoms with Gasteiger partial charge in [0.15, 0.2) is 0 Å². The van der Waals surface area contributed by atoms with Crippen molar-refractivity contribution in [3.05, 3.63) is 23.8 Å². The zero-order chi connectivity index (χ0) is 13.0. The van der Waals surface area contributed by atoms with E-state index in [-0.39, 0.29) is 23.1 Å². The molecule has 0 aliphatic rings. The van der Waals surface area contributed by atoms with E-state index >= 15 is 0 Å². The van der Waals surface area contributed by atoms with Gasteiger partial charge >= 0.3 is 5.97 Å². The minimum atomic E-state index is -1.09. The van der Waals surface area contributed by atoms with Gasteiger partial charge in [0, 0.05) is 11.6 Å². The summed E-state index contributed by atoms with van der Waals surface area (Å²) in [7, 11) is 0. The number of carbonyl (C=O) groups is 2. The van der Waals surface area contributed by atoms with Gasteiger partial charge in [-0.25, -0.2) is 4.79 Å². The summed E-state index contributed by atoms with van der Waals surface area (Å²) in [5.74, 6) is -1.47. The molecule has 92 valence electrons. The highest BCUT2D eigenvalue weighted by molar-refractivity contribution is 6.01. The molecule has 1 amide bonds. The number of hydrogen-bond donors (Lipinski definition) is 3. The molecule has 0 fully saturated rings. The van der Waals surface area contributed by atoms with Crippen LogP contribution < -0.4 is 11.1 Å². The number of anilines is 2. The fourth-order valence-electron chi connectivity index (χ4n) is 1.29. The lowest BCUT2D eigenvalue weighted by molar-refractivity contribution is -0.119. The number of aromatic carboxylic acids is 1. The highest BCUT2D eigenvalue weighted by atomic mass is 16.4. The number of nitrogens with one attached hydrogen (secondary N) is 1. The highest BCUT2D eigenvalue weighted by Gasteiger charge is 2.15. The molecule has 1 atom stereocenters. The molecule has 0 bridgehead atoms. The van der Waals surface area contributed by atoms with Crippen molar-refractivity contribution in [1.82, 2.24) is 0 Å². The first-order valence-corrected chi connectivity index (χ1v) is 5.39. The number of carboxylic acids is 1. The second-order valence-electron chi connectivity index (χ2n) is 3.91. The fourth-order valence-corrected chi connectivity index (χ4v) is 1.29. The third kappa shape index (κ3) is 3.21. The van der Waals surface area contributed by atoms with E-state index in [0.717, 1.165) is 0 Å². The maximum atomic E-state index is 11.7. The predicted molar refractivity (Wildman–Crippen MR) is 65.9 cm³/mol. The van der Waals surface area contributed by atoms with Crippen LogP contribution in [0.25, 0.3) is 0 Å². The van der Waals surface area contributed by atoms with E-state index in [1.807, 2.05) is 6.92 Å². The van der Waals surface area contributed by atoms with Crippen LogP contribution in [0.1, 0.15) is 30.6 Å². The van der Waals surface area contributed by atoms with Gasteiger partial charge in [0.05, 0.1) is 11.3 Å². The van der Waals surface area contributed by atoms with Crippen molar-refractivity contribution in [2.75, 3.05) is 11.1 Å². The summed E-state index contributed by atoms with van der Waals surface area (Å²) in [6.45, 7) is 3.67. The average Bonchev–Trinajstić information content (AvgIpc) is 2.27. The van der Waals surface area contributed by atoms with Crippen molar-refractivity contribution < 1.29 is 14.7 Å². The number of rotatable bonds is 4. The van der Waals surface area contributed by atoms with E-state index in [1.54, 1.807) is 6.92 Å². The molecule has 1 aromatic carbocycles. The molecular weight excluding hydrogens is 220 g/mol. The Morgan fingerprint density at radius 2 is 2.12 bits per heavy atom. The lowest BCUT2D eigenvalue weighted by Gasteiger charge is -2.12. The number of amides is 1. The van der Waals surface area contributed by atoms with Crippen molar-refractivity contribution in [1.29, 1.82) is 0 Å². The monoisotopic (exact) mass is 236 g/mol. The molecule has 0 heterocycles. The molecule has 0 spiro atoms. The minimum absolute atomic E-state index is 0.0378. The van der Waals surface area contributed by atoms with Gasteiger partial charge in [-0.1, -0.05) is 13.8 Å². The Bertz CT molecular complexity index is 443. The summed E-state index contributed by atoms with van der Waals surface area (Å²) < 4.78 is 0. The van der Waals surface area contributed by atoms with Crippen molar-refractivity contribution in [3.63, 3.8) is 0 Å². The van der Waals surface area contributed by atoms with Gasteiger partial charge in [-0.2, -0.15) is 0 Å². The summed E-state index contributed by atoms with van der Waals surface area (Å²) in [5.41, 5.74) is 6.26. The van der Waals surface area contributed by atoms with Crippen LogP contribution in [-0.2, 0) is 4.79 Å². The number of nitrogens with two attached hydrogens (primary N) is 1. The predicted octanol–water partition coefficient (Wildman–Crippen LogP) is 1.95. The van der Waals surface area contributed by atoms with Crippen LogP contribution in [0, 0.1) is 5.92 Å². The lowest BCUT2D eigenvalue weighted by Crippen LogP contribution is -2.21. The molecule has 0 aliphatic carbocycles. The van der Waals surface area contributed by atoms with Crippen molar-refractivity contribution in [3.8, 4) is 0 Å². The van der Waals surface area contributed by atoms with E-state index < -0.39 is 5.97 Å². The maximum Gasteiger partial charge on any atom is 0.337 e. The minimum Gasteiger partial charge on any atom is -0.478 e. The Morgan fingerprint density at radius 3 is 2.65 bits per heavy atom. The van der Waals surface area contributed by atoms with Crippen molar-refractivity contribution in [2.24, 2.45) is 5.92 Å². The quantitative estimate of drug-likeness (QED) is 0.696. The topological polar surface area (TPSA) is 92.4 Å². The van der Waals surface area contributed by atoms with Crippen LogP contribution in [0.4, 0.5) is 11.4 Å². The van der Waals surface area contributed by atoms with Crippen molar-refractivity contribution in [2.45, 2.75) is 20.3 Å². The van der Waals surface area contributed by atoms with Crippen LogP contribution >= 0.6 is 0 Å². The molecule has 1 rings (SSSR count). The Morgan fingerprint density at radius 1 is 1.47 bits per heavy atom. The van der Waals surface area contributed by atoms with E-state index in [9.17, 15) is 9.59 Å². The van der Waals surface area contributed by atoms with Crippen molar-refractivity contribution >= 4 is 23.3 Å². The zero-order valence-electron chi connectivity index (χ0n) is 9.86. The fraction of sp³-hybridized carbons (Fsp3) is 0.333. The van der Waals surface area contributed by atoms with Gasteiger partial charge in [0.1, 0.15) is 0 Å². The second-order valence-corrected chi connectivity index (χ2v) is 3.91. The number of benzene rings is 1. The van der Waals surface area contributed by atoms with E-state index in [1.165, 1.54) is 18.2 Å². The first kappa shape index (κ1) is 13.0. The molecule has 5 heteroatoms. The average molecular weight is 236 g/mol. The van der Waals surface area contributed by atoms with Crippen LogP contribution in [0.2, 0.25) is 0 Å². The molecule has 0 aromatic heterocycles. The van der Waals surface area contributed by atoms with Crippen LogP contribution in [0.3, 0.4) is 0 Å². The van der Waals surface area contributed by atoms with Gasteiger partial charge in [-0.05, 0) is 24.6 Å². The number of hydrogen-bond acceptors (Lipinski definition) is 3. The van der Waals surface area contributed by atoms with Gasteiger partial charge in [-0.3, -0.25) is 4.79 Å². The molecule has 1 unspecified atom stereocenters. The molecule has 1 aromatic rings. The maximum absolute atomic E-state index is 11.7. The van der Waals surface area contributed by atoms with Gasteiger partial charge in [0.25, 0.3) is 0 Å². The Labute approximate surface area is 99.6 Å². The molecule has 5 nitrogen and oxygen atoms in total. The lowest BCUT2D eigenvalue weighted by atomic mass is 10.1. The third-order valence-corrected chi connectivity index (χ3v) is 2.59. The molecule has 4 N–H and O–H groups in total. The Kier molecular flexibility index (Phi) is 4.09. The molecule has 0 aliphatic heterocycles. The summed E-state index contributed by atoms with van der Waals surface area (Å²) in [5, 5.41) is 11.6. The Balaban J connectivity index is 3.00. The summed E-state index contributed by atoms with van der Waals surface area (Å²) in [6.07, 6.45) is 0.691. The number of carbonyl (C=O) groups excluding carboxylic acids is 1. The van der Waals surface area contributed by atoms with Gasteiger partial charge in [-0.15, -0.1) is 0 Å². The first-order valence-electron chi connectivity index (χ1n) is 5.39. The second kappa shape index (κ2) is 5.34. The van der Waals surface area contributed by atoms with Crippen LogP contribution in [0.15, 0.2) is 18.2 Å². The van der Waals surface area contributed by atoms with Gasteiger partial charge in [0.2, 0.25) is 5.91 Å². The van der Waals surface area contributed by atoms with E-state index in [2.05, 4.69) is 5.32 Å². The smallest absolute Gasteiger partial charge is 0.337 e. The number of carboxylic acid groups (broad SMARTS) is 1. The summed E-state index contributed by atoms with van der Waals surface area (Å²) in [4.78, 5) is 22.6. The largest absolute Gasteiger partial charge is 0.478 e. The normalized spacial score (nSPS) is 11.9. The summed E-state index contributed by atoms with van der Waals surface area (Å²) in [6, 6.07) is 4.32. The highest BCUT2D eigenvalue weighted by Crippen LogP contribution is 2.20. The Hall–Kier alpha value is -2.04. The molecule has 17 heavy (non-hydrogen) atoms. The van der Waals surface area contributed by atoms with E-state index in [4.69, 9.17) is 10.8 Å². The number of nitrogen functional groups attached to an aromatic ring is 1. The molecule has 0 saturated heterocycles. The molecule has 0 saturated carbocycles. The summed E-state index contributed by atoms with van der Waals surface area (Å²) >= 11 is 0.